The van der Waals surface area contributed by atoms with Gasteiger partial charge in [-0.3, -0.25) is 9.59 Å². The summed E-state index contributed by atoms with van der Waals surface area (Å²) in [4.78, 5) is 25.2. The SMILES string of the molecule is CC(=O)C(NC(=O)c1ccccc1)P(=O)(c1ccccc1)c1ccccc1. The third-order valence-electron chi connectivity index (χ3n) is 4.33. The Morgan fingerprint density at radius 1 is 0.741 bits per heavy atom. The molecule has 0 saturated heterocycles. The maximum atomic E-state index is 14.3. The number of amides is 1. The molecule has 0 radical (unpaired) electrons. The number of benzene rings is 3. The molecule has 0 heterocycles. The van der Waals surface area contributed by atoms with Crippen molar-refractivity contribution in [2.45, 2.75) is 12.7 Å². The van der Waals surface area contributed by atoms with Crippen LogP contribution in [0.5, 0.6) is 0 Å². The standard InChI is InChI=1S/C22H20NO3P/c1-17(24)22(23-21(25)18-11-5-2-6-12-18)27(26,19-13-7-3-8-14-19)20-15-9-4-10-16-20/h2-16,22H,1H3,(H,23,25). The molecule has 4 nitrogen and oxygen atoms in total. The fourth-order valence-electron chi connectivity index (χ4n) is 2.99. The van der Waals surface area contributed by atoms with Gasteiger partial charge in [0.05, 0.1) is 0 Å². The van der Waals surface area contributed by atoms with Crippen molar-refractivity contribution >= 4 is 29.4 Å². The van der Waals surface area contributed by atoms with E-state index >= 15 is 0 Å². The molecule has 0 aromatic heterocycles. The van der Waals surface area contributed by atoms with Crippen LogP contribution in [-0.4, -0.2) is 17.5 Å². The minimum Gasteiger partial charge on any atom is -0.335 e. The molecule has 0 spiro atoms. The highest BCUT2D eigenvalue weighted by molar-refractivity contribution is 7.80. The van der Waals surface area contributed by atoms with E-state index in [1.54, 1.807) is 78.9 Å². The Morgan fingerprint density at radius 3 is 1.56 bits per heavy atom. The van der Waals surface area contributed by atoms with Crippen molar-refractivity contribution < 1.29 is 14.2 Å². The van der Waals surface area contributed by atoms with Crippen LogP contribution in [0.3, 0.4) is 0 Å². The van der Waals surface area contributed by atoms with Gasteiger partial charge in [0.2, 0.25) is 0 Å². The Balaban J connectivity index is 2.09. The summed E-state index contributed by atoms with van der Waals surface area (Å²) >= 11 is 0. The Hall–Kier alpha value is -2.97. The van der Waals surface area contributed by atoms with Gasteiger partial charge in [-0.2, -0.15) is 0 Å². The summed E-state index contributed by atoms with van der Waals surface area (Å²) in [6.07, 6.45) is 0. The molecule has 0 bridgehead atoms. The molecule has 0 aliphatic rings. The summed E-state index contributed by atoms with van der Waals surface area (Å²) in [5.41, 5.74) is 0.413. The number of hydrogen-bond acceptors (Lipinski definition) is 3. The van der Waals surface area contributed by atoms with Gasteiger partial charge in [0, 0.05) is 16.2 Å². The maximum absolute atomic E-state index is 14.3. The first-order chi connectivity index (χ1) is 13.0. The van der Waals surface area contributed by atoms with Gasteiger partial charge < -0.3 is 9.88 Å². The first kappa shape index (κ1) is 18.8. The number of carbonyl (C=O) groups excluding carboxylic acids is 2. The van der Waals surface area contributed by atoms with Crippen LogP contribution < -0.4 is 15.9 Å². The average Bonchev–Trinajstić information content (AvgIpc) is 2.73. The van der Waals surface area contributed by atoms with Crippen molar-refractivity contribution in [3.63, 3.8) is 0 Å². The van der Waals surface area contributed by atoms with Crippen LogP contribution in [0, 0.1) is 0 Å². The smallest absolute Gasteiger partial charge is 0.252 e. The van der Waals surface area contributed by atoms with Crippen molar-refractivity contribution in [1.29, 1.82) is 0 Å². The second-order valence-electron chi connectivity index (χ2n) is 6.18. The summed E-state index contributed by atoms with van der Waals surface area (Å²) < 4.78 is 14.3. The number of nitrogens with one attached hydrogen (secondary N) is 1. The molecule has 1 N–H and O–H groups in total. The monoisotopic (exact) mass is 377 g/mol. The molecule has 136 valence electrons. The fraction of sp³-hybridized carbons (Fsp3) is 0.0909. The van der Waals surface area contributed by atoms with Crippen LogP contribution >= 0.6 is 7.14 Å². The molecule has 0 fully saturated rings. The van der Waals surface area contributed by atoms with E-state index in [2.05, 4.69) is 5.32 Å². The van der Waals surface area contributed by atoms with E-state index in [9.17, 15) is 14.2 Å². The van der Waals surface area contributed by atoms with E-state index in [-0.39, 0.29) is 5.78 Å². The van der Waals surface area contributed by atoms with E-state index in [1.165, 1.54) is 6.92 Å². The van der Waals surface area contributed by atoms with Gasteiger partial charge in [-0.15, -0.1) is 0 Å². The summed E-state index contributed by atoms with van der Waals surface area (Å²) in [6, 6.07) is 26.3. The Morgan fingerprint density at radius 2 is 1.15 bits per heavy atom. The molecular weight excluding hydrogens is 357 g/mol. The molecule has 5 heteroatoms. The Bertz CT molecular complexity index is 929. The van der Waals surface area contributed by atoms with E-state index in [0.29, 0.717) is 16.2 Å². The zero-order valence-corrected chi connectivity index (χ0v) is 15.8. The van der Waals surface area contributed by atoms with E-state index in [0.717, 1.165) is 0 Å². The molecule has 3 rings (SSSR count). The van der Waals surface area contributed by atoms with Gasteiger partial charge in [-0.25, -0.2) is 0 Å². The number of hydrogen-bond donors (Lipinski definition) is 1. The molecule has 1 amide bonds. The van der Waals surface area contributed by atoms with Gasteiger partial charge in [-0.1, -0.05) is 78.9 Å². The molecule has 3 aromatic carbocycles. The van der Waals surface area contributed by atoms with Crippen molar-refractivity contribution in [3.05, 3.63) is 96.6 Å². The zero-order valence-electron chi connectivity index (χ0n) is 14.9. The number of ketones is 1. The molecule has 1 unspecified atom stereocenters. The third-order valence-corrected chi connectivity index (χ3v) is 7.68. The highest BCUT2D eigenvalue weighted by Crippen LogP contribution is 2.47. The topological polar surface area (TPSA) is 63.2 Å². The molecule has 0 aliphatic heterocycles. The highest BCUT2D eigenvalue weighted by atomic mass is 31.2. The van der Waals surface area contributed by atoms with Crippen LogP contribution in [0.15, 0.2) is 91.0 Å². The van der Waals surface area contributed by atoms with E-state index in [4.69, 9.17) is 0 Å². The minimum atomic E-state index is -3.45. The highest BCUT2D eigenvalue weighted by Gasteiger charge is 2.40. The first-order valence-corrected chi connectivity index (χ1v) is 10.4. The largest absolute Gasteiger partial charge is 0.335 e. The van der Waals surface area contributed by atoms with Crippen molar-refractivity contribution in [3.8, 4) is 0 Å². The summed E-state index contributed by atoms with van der Waals surface area (Å²) in [7, 11) is -3.45. The number of Topliss-reactive ketones (excluding diaryl/α,β-unsaturated/α-hetero) is 1. The van der Waals surface area contributed by atoms with Crippen LogP contribution in [0.4, 0.5) is 0 Å². The average molecular weight is 377 g/mol. The summed E-state index contributed by atoms with van der Waals surface area (Å²) in [5, 5.41) is 3.78. The van der Waals surface area contributed by atoms with Gasteiger partial charge in [0.15, 0.2) is 12.9 Å². The molecule has 1 atom stereocenters. The zero-order chi connectivity index (χ0) is 19.3. The van der Waals surface area contributed by atoms with Crippen molar-refractivity contribution in [2.75, 3.05) is 0 Å². The van der Waals surface area contributed by atoms with Crippen LogP contribution in [0.25, 0.3) is 0 Å². The van der Waals surface area contributed by atoms with Gasteiger partial charge in [0.25, 0.3) is 5.91 Å². The van der Waals surface area contributed by atoms with Crippen molar-refractivity contribution in [1.82, 2.24) is 5.32 Å². The number of rotatable bonds is 6. The normalized spacial score (nSPS) is 12.2. The second-order valence-corrected chi connectivity index (χ2v) is 9.05. The molecule has 3 aromatic rings. The van der Waals surface area contributed by atoms with Crippen LogP contribution in [0.1, 0.15) is 17.3 Å². The van der Waals surface area contributed by atoms with Gasteiger partial charge >= 0.3 is 0 Å². The lowest BCUT2D eigenvalue weighted by Crippen LogP contribution is -2.44. The fourth-order valence-corrected chi connectivity index (χ4v) is 5.93. The second kappa shape index (κ2) is 8.15. The van der Waals surface area contributed by atoms with Gasteiger partial charge in [-0.05, 0) is 19.1 Å². The lowest BCUT2D eigenvalue weighted by atomic mass is 10.2. The minimum absolute atomic E-state index is 0.352. The summed E-state index contributed by atoms with van der Waals surface area (Å²) in [5.74, 6) is -1.92. The molecule has 0 aliphatic carbocycles. The lowest BCUT2D eigenvalue weighted by molar-refractivity contribution is -0.117. The van der Waals surface area contributed by atoms with E-state index in [1.807, 2.05) is 12.1 Å². The predicted octanol–water partition coefficient (Wildman–Crippen LogP) is 3.35. The third kappa shape index (κ3) is 3.91. The maximum Gasteiger partial charge on any atom is 0.252 e. The Kier molecular flexibility index (Phi) is 5.68. The van der Waals surface area contributed by atoms with Crippen LogP contribution in [0.2, 0.25) is 0 Å². The molecular formula is C22H20NO3P. The molecule has 27 heavy (non-hydrogen) atoms. The quantitative estimate of drug-likeness (QED) is 0.670. The van der Waals surface area contributed by atoms with Crippen LogP contribution in [-0.2, 0) is 9.36 Å². The predicted molar refractivity (Wildman–Crippen MR) is 108 cm³/mol. The van der Waals surface area contributed by atoms with E-state index < -0.39 is 18.8 Å². The lowest BCUT2D eigenvalue weighted by Gasteiger charge is -2.27. The van der Waals surface area contributed by atoms with Crippen molar-refractivity contribution in [2.24, 2.45) is 0 Å². The van der Waals surface area contributed by atoms with Gasteiger partial charge in [0.1, 0.15) is 5.78 Å². The Labute approximate surface area is 158 Å². The summed E-state index contributed by atoms with van der Waals surface area (Å²) in [6.45, 7) is 1.36. The molecule has 0 saturated carbocycles. The number of carbonyl (C=O) groups is 2. The first-order valence-electron chi connectivity index (χ1n) is 8.61.